The molecule has 0 saturated heterocycles. The average molecular weight is 375 g/mol. The zero-order chi connectivity index (χ0) is 20.2. The lowest BCUT2D eigenvalue weighted by Gasteiger charge is -2.15. The van der Waals surface area contributed by atoms with Crippen molar-refractivity contribution in [3.05, 3.63) is 35.9 Å². The van der Waals surface area contributed by atoms with Gasteiger partial charge in [-0.25, -0.2) is 0 Å². The van der Waals surface area contributed by atoms with Crippen LogP contribution in [0.2, 0.25) is 0 Å². The number of carbonyl (C=O) groups excluding carboxylic acids is 2. The lowest BCUT2D eigenvalue weighted by Crippen LogP contribution is -2.12. The largest absolute Gasteiger partial charge is 0.303 e. The Morgan fingerprint density at radius 2 is 1.15 bits per heavy atom. The lowest BCUT2D eigenvalue weighted by atomic mass is 9.88. The standard InChI is InChI=1S/C18H36O.C7H6O/c1-4-5-6-7-8-9-10-11-12-13-14-15-16-18(2,3)17-19;8-6-7-4-2-1-3-5-7/h17H,4-16H2,1-3H3;1-6H. The van der Waals surface area contributed by atoms with E-state index in [4.69, 9.17) is 0 Å². The predicted molar refractivity (Wildman–Crippen MR) is 117 cm³/mol. The van der Waals surface area contributed by atoms with Gasteiger partial charge in [-0.05, 0) is 6.42 Å². The van der Waals surface area contributed by atoms with Crippen molar-refractivity contribution in [2.45, 2.75) is 104 Å². The highest BCUT2D eigenvalue weighted by atomic mass is 16.1. The van der Waals surface area contributed by atoms with Gasteiger partial charge < -0.3 is 4.79 Å². The van der Waals surface area contributed by atoms with Crippen molar-refractivity contribution in [2.24, 2.45) is 5.41 Å². The van der Waals surface area contributed by atoms with Crippen molar-refractivity contribution >= 4 is 12.6 Å². The van der Waals surface area contributed by atoms with E-state index in [0.717, 1.165) is 24.6 Å². The molecule has 0 bridgehead atoms. The molecule has 0 unspecified atom stereocenters. The van der Waals surface area contributed by atoms with Crippen LogP contribution in [-0.2, 0) is 4.79 Å². The molecule has 27 heavy (non-hydrogen) atoms. The molecule has 0 aliphatic carbocycles. The maximum Gasteiger partial charge on any atom is 0.150 e. The maximum absolute atomic E-state index is 10.8. The molecule has 0 aromatic heterocycles. The van der Waals surface area contributed by atoms with Gasteiger partial charge in [0.25, 0.3) is 0 Å². The Morgan fingerprint density at radius 3 is 1.52 bits per heavy atom. The first kappa shape index (κ1) is 25.6. The first-order valence-corrected chi connectivity index (χ1v) is 11.0. The summed E-state index contributed by atoms with van der Waals surface area (Å²) in [7, 11) is 0. The van der Waals surface area contributed by atoms with Crippen LogP contribution in [-0.4, -0.2) is 12.6 Å². The number of aldehydes is 2. The number of rotatable bonds is 15. The highest BCUT2D eigenvalue weighted by Crippen LogP contribution is 2.21. The summed E-state index contributed by atoms with van der Waals surface area (Å²) in [6.45, 7) is 6.35. The molecule has 1 aromatic carbocycles. The Morgan fingerprint density at radius 1 is 0.704 bits per heavy atom. The van der Waals surface area contributed by atoms with Crippen LogP contribution in [0.15, 0.2) is 30.3 Å². The van der Waals surface area contributed by atoms with Gasteiger partial charge in [-0.15, -0.1) is 0 Å². The van der Waals surface area contributed by atoms with Crippen LogP contribution in [0, 0.1) is 5.41 Å². The van der Waals surface area contributed by atoms with E-state index in [0.29, 0.717) is 0 Å². The Balaban J connectivity index is 0.000000694. The summed E-state index contributed by atoms with van der Waals surface area (Å²) in [5.41, 5.74) is 0.630. The summed E-state index contributed by atoms with van der Waals surface area (Å²) in [6, 6.07) is 9.10. The van der Waals surface area contributed by atoms with Crippen molar-refractivity contribution in [2.75, 3.05) is 0 Å². The molecule has 154 valence electrons. The van der Waals surface area contributed by atoms with Crippen LogP contribution in [0.5, 0.6) is 0 Å². The number of benzene rings is 1. The minimum atomic E-state index is -0.0987. The molecule has 0 radical (unpaired) electrons. The Bertz CT molecular complexity index is 451. The summed E-state index contributed by atoms with van der Waals surface area (Å²) in [4.78, 5) is 20.8. The van der Waals surface area contributed by atoms with Crippen LogP contribution < -0.4 is 0 Å². The van der Waals surface area contributed by atoms with Crippen molar-refractivity contribution in [3.63, 3.8) is 0 Å². The van der Waals surface area contributed by atoms with E-state index in [1.807, 2.05) is 32.0 Å². The van der Waals surface area contributed by atoms with Crippen molar-refractivity contribution < 1.29 is 9.59 Å². The van der Waals surface area contributed by atoms with Gasteiger partial charge in [-0.2, -0.15) is 0 Å². The number of hydrogen-bond donors (Lipinski definition) is 0. The fraction of sp³-hybridized carbons (Fsp3) is 0.680. The van der Waals surface area contributed by atoms with E-state index in [9.17, 15) is 9.59 Å². The third-order valence-corrected chi connectivity index (χ3v) is 4.93. The highest BCUT2D eigenvalue weighted by molar-refractivity contribution is 5.74. The van der Waals surface area contributed by atoms with Crippen LogP contribution in [0.3, 0.4) is 0 Å². The van der Waals surface area contributed by atoms with Crippen LogP contribution >= 0.6 is 0 Å². The number of hydrogen-bond acceptors (Lipinski definition) is 2. The van der Waals surface area contributed by atoms with E-state index in [1.165, 1.54) is 77.0 Å². The second-order valence-electron chi connectivity index (χ2n) is 8.27. The Hall–Kier alpha value is -1.44. The molecule has 1 rings (SSSR count). The fourth-order valence-electron chi connectivity index (χ4n) is 3.01. The normalized spacial score (nSPS) is 10.8. The molecular weight excluding hydrogens is 332 g/mol. The maximum atomic E-state index is 10.8. The van der Waals surface area contributed by atoms with Gasteiger partial charge in [-0.3, -0.25) is 4.79 Å². The van der Waals surface area contributed by atoms with Gasteiger partial charge in [0.05, 0.1) is 0 Å². The van der Waals surface area contributed by atoms with E-state index >= 15 is 0 Å². The van der Waals surface area contributed by atoms with Gasteiger partial charge in [0.15, 0.2) is 0 Å². The summed E-state index contributed by atoms with van der Waals surface area (Å²) in [5, 5.41) is 0. The van der Waals surface area contributed by atoms with Crippen LogP contribution in [0.1, 0.15) is 115 Å². The van der Waals surface area contributed by atoms with Crippen molar-refractivity contribution in [1.82, 2.24) is 0 Å². The monoisotopic (exact) mass is 374 g/mol. The average Bonchev–Trinajstić information content (AvgIpc) is 2.70. The predicted octanol–water partition coefficient (Wildman–Crippen LogP) is 7.80. The molecule has 0 aliphatic rings. The second-order valence-corrected chi connectivity index (χ2v) is 8.27. The summed E-state index contributed by atoms with van der Waals surface area (Å²) in [5.74, 6) is 0. The topological polar surface area (TPSA) is 34.1 Å². The molecule has 0 heterocycles. The van der Waals surface area contributed by atoms with Crippen molar-refractivity contribution in [1.29, 1.82) is 0 Å². The molecule has 2 heteroatoms. The fourth-order valence-corrected chi connectivity index (χ4v) is 3.01. The number of carbonyl (C=O) groups is 2. The van der Waals surface area contributed by atoms with Gasteiger partial charge in [0.1, 0.15) is 12.6 Å². The minimum absolute atomic E-state index is 0.0987. The van der Waals surface area contributed by atoms with Gasteiger partial charge in [-0.1, -0.05) is 128 Å². The van der Waals surface area contributed by atoms with Crippen LogP contribution in [0.25, 0.3) is 0 Å². The van der Waals surface area contributed by atoms with E-state index in [2.05, 4.69) is 6.92 Å². The third-order valence-electron chi connectivity index (χ3n) is 4.93. The summed E-state index contributed by atoms with van der Waals surface area (Å²) in [6.07, 6.45) is 19.6. The zero-order valence-electron chi connectivity index (χ0n) is 18.1. The molecule has 0 saturated carbocycles. The smallest absolute Gasteiger partial charge is 0.150 e. The van der Waals surface area contributed by atoms with Crippen molar-refractivity contribution in [3.8, 4) is 0 Å². The molecule has 0 fully saturated rings. The van der Waals surface area contributed by atoms with E-state index in [1.54, 1.807) is 12.1 Å². The van der Waals surface area contributed by atoms with E-state index in [-0.39, 0.29) is 5.41 Å². The molecule has 0 N–H and O–H groups in total. The second kappa shape index (κ2) is 17.9. The first-order chi connectivity index (χ1) is 13.1. The lowest BCUT2D eigenvalue weighted by molar-refractivity contribution is -0.115. The number of unbranched alkanes of at least 4 members (excludes halogenated alkanes) is 11. The minimum Gasteiger partial charge on any atom is -0.303 e. The molecule has 0 aliphatic heterocycles. The zero-order valence-corrected chi connectivity index (χ0v) is 18.1. The molecule has 0 spiro atoms. The van der Waals surface area contributed by atoms with Gasteiger partial charge in [0.2, 0.25) is 0 Å². The summed E-state index contributed by atoms with van der Waals surface area (Å²) >= 11 is 0. The molecule has 1 aromatic rings. The summed E-state index contributed by atoms with van der Waals surface area (Å²) < 4.78 is 0. The van der Waals surface area contributed by atoms with Crippen LogP contribution in [0.4, 0.5) is 0 Å². The molecular formula is C25H42O2. The van der Waals surface area contributed by atoms with Gasteiger partial charge >= 0.3 is 0 Å². The van der Waals surface area contributed by atoms with E-state index < -0.39 is 0 Å². The molecule has 0 atom stereocenters. The highest BCUT2D eigenvalue weighted by Gasteiger charge is 2.14. The Kier molecular flexibility index (Phi) is 17.0. The Labute approximate surface area is 168 Å². The third kappa shape index (κ3) is 17.7. The molecule has 2 nitrogen and oxygen atoms in total. The van der Waals surface area contributed by atoms with Gasteiger partial charge in [0, 0.05) is 11.0 Å². The molecule has 0 amide bonds. The SMILES string of the molecule is CCCCCCCCCCCCCCC(C)(C)C=O.O=Cc1ccccc1. The first-order valence-electron chi connectivity index (χ1n) is 11.0. The quantitative estimate of drug-likeness (QED) is 0.232.